The van der Waals surface area contributed by atoms with Crippen molar-refractivity contribution in [2.24, 2.45) is 0 Å². The van der Waals surface area contributed by atoms with Crippen LogP contribution in [-0.4, -0.2) is 27.7 Å². The molecule has 0 aliphatic heterocycles. The average molecular weight is 271 g/mol. The molecule has 0 spiro atoms. The van der Waals surface area contributed by atoms with Gasteiger partial charge in [-0.2, -0.15) is 5.10 Å². The van der Waals surface area contributed by atoms with E-state index in [1.165, 1.54) is 30.0 Å². The molecule has 0 fully saturated rings. The Balaban J connectivity index is 2.06. The largest absolute Gasteiger partial charge is 0.464 e. The number of benzene rings is 1. The molecule has 0 atom stereocenters. The monoisotopic (exact) mass is 271 g/mol. The van der Waals surface area contributed by atoms with Crippen LogP contribution in [0.3, 0.4) is 0 Å². The number of aromatic nitrogens is 3. The molecule has 20 heavy (non-hydrogen) atoms. The molecule has 0 saturated heterocycles. The van der Waals surface area contributed by atoms with E-state index >= 15 is 0 Å². The lowest BCUT2D eigenvalue weighted by atomic mass is 10.1. The Hall–Kier alpha value is -2.76. The number of rotatable bonds is 2. The fourth-order valence-electron chi connectivity index (χ4n) is 1.86. The first-order valence-electron chi connectivity index (χ1n) is 5.88. The van der Waals surface area contributed by atoms with Gasteiger partial charge in [-0.15, -0.1) is 0 Å². The van der Waals surface area contributed by atoms with Crippen molar-refractivity contribution in [2.75, 3.05) is 7.11 Å². The van der Waals surface area contributed by atoms with Gasteiger partial charge in [0.2, 0.25) is 0 Å². The lowest BCUT2D eigenvalue weighted by molar-refractivity contribution is 0.0595. The Morgan fingerprint density at radius 1 is 1.20 bits per heavy atom. The van der Waals surface area contributed by atoms with Gasteiger partial charge in [-0.25, -0.2) is 18.7 Å². The second-order valence-corrected chi connectivity index (χ2v) is 4.15. The highest BCUT2D eigenvalue weighted by atomic mass is 19.1. The van der Waals surface area contributed by atoms with Gasteiger partial charge >= 0.3 is 5.97 Å². The van der Waals surface area contributed by atoms with Gasteiger partial charge < -0.3 is 4.74 Å². The zero-order valence-corrected chi connectivity index (χ0v) is 10.6. The highest BCUT2D eigenvalue weighted by Gasteiger charge is 2.11. The molecule has 0 amide bonds. The Morgan fingerprint density at radius 3 is 2.65 bits per heavy atom. The van der Waals surface area contributed by atoms with E-state index in [0.29, 0.717) is 11.3 Å². The van der Waals surface area contributed by atoms with Crippen LogP contribution in [0.4, 0.5) is 4.39 Å². The van der Waals surface area contributed by atoms with Crippen LogP contribution in [0.5, 0.6) is 0 Å². The molecule has 5 nitrogen and oxygen atoms in total. The van der Waals surface area contributed by atoms with Gasteiger partial charge in [-0.05, 0) is 36.4 Å². The van der Waals surface area contributed by atoms with Crippen LogP contribution in [0, 0.1) is 5.82 Å². The van der Waals surface area contributed by atoms with Crippen molar-refractivity contribution < 1.29 is 13.9 Å². The third-order valence-corrected chi connectivity index (χ3v) is 2.85. The number of carbonyl (C=O) groups excluding carboxylic acids is 1. The topological polar surface area (TPSA) is 56.5 Å². The molecule has 2 aromatic heterocycles. The number of halogens is 1. The third-order valence-electron chi connectivity index (χ3n) is 2.85. The number of esters is 1. The third kappa shape index (κ3) is 2.11. The molecule has 0 unspecified atom stereocenters. The predicted octanol–water partition coefficient (Wildman–Crippen LogP) is 2.32. The molecule has 100 valence electrons. The molecule has 0 saturated carbocycles. The summed E-state index contributed by atoms with van der Waals surface area (Å²) in [6, 6.07) is 9.52. The smallest absolute Gasteiger partial charge is 0.358 e. The maximum atomic E-state index is 12.9. The molecular weight excluding hydrogens is 261 g/mol. The second kappa shape index (κ2) is 4.73. The Bertz CT molecular complexity index is 781. The fraction of sp³-hybridized carbons (Fsp3) is 0.0714. The summed E-state index contributed by atoms with van der Waals surface area (Å²) in [7, 11) is 1.30. The number of fused-ring (bicyclic) bond motifs is 1. The molecule has 0 radical (unpaired) electrons. The molecular formula is C14H10FN3O2. The van der Waals surface area contributed by atoms with Crippen LogP contribution in [-0.2, 0) is 4.74 Å². The van der Waals surface area contributed by atoms with Crippen LogP contribution in [0.2, 0.25) is 0 Å². The van der Waals surface area contributed by atoms with Crippen LogP contribution in [0.1, 0.15) is 10.5 Å². The van der Waals surface area contributed by atoms with Gasteiger partial charge in [0.05, 0.1) is 19.0 Å². The maximum Gasteiger partial charge on any atom is 0.358 e. The summed E-state index contributed by atoms with van der Waals surface area (Å²) < 4.78 is 19.0. The summed E-state index contributed by atoms with van der Waals surface area (Å²) >= 11 is 0. The van der Waals surface area contributed by atoms with E-state index in [1.54, 1.807) is 24.3 Å². The van der Waals surface area contributed by atoms with Gasteiger partial charge in [0, 0.05) is 5.56 Å². The van der Waals surface area contributed by atoms with Crippen molar-refractivity contribution in [3.8, 4) is 11.3 Å². The summed E-state index contributed by atoms with van der Waals surface area (Å²) in [6.45, 7) is 0. The van der Waals surface area contributed by atoms with Crippen molar-refractivity contribution >= 4 is 11.6 Å². The van der Waals surface area contributed by atoms with Gasteiger partial charge in [0.15, 0.2) is 11.3 Å². The highest BCUT2D eigenvalue weighted by molar-refractivity contribution is 5.87. The van der Waals surface area contributed by atoms with Crippen molar-refractivity contribution in [3.05, 3.63) is 54.1 Å². The molecule has 0 aliphatic carbocycles. The maximum absolute atomic E-state index is 12.9. The number of nitrogens with zero attached hydrogens (tertiary/aromatic N) is 3. The first kappa shape index (κ1) is 12.3. The standard InChI is InChI=1S/C14H10FN3O2/c1-20-14(19)12-8-18-13(16-12)7-6-11(17-18)9-2-4-10(15)5-3-9/h2-8H,1H3. The van der Waals surface area contributed by atoms with Crippen molar-refractivity contribution in [2.45, 2.75) is 0 Å². The Kier molecular flexibility index (Phi) is 2.90. The van der Waals surface area contributed by atoms with Gasteiger partial charge in [0.1, 0.15) is 5.82 Å². The summed E-state index contributed by atoms with van der Waals surface area (Å²) in [5.41, 5.74) is 2.17. The van der Waals surface area contributed by atoms with Crippen LogP contribution >= 0.6 is 0 Å². The fourth-order valence-corrected chi connectivity index (χ4v) is 1.86. The molecule has 3 rings (SSSR count). The number of imidazole rings is 1. The minimum absolute atomic E-state index is 0.191. The minimum Gasteiger partial charge on any atom is -0.464 e. The quantitative estimate of drug-likeness (QED) is 0.671. The van der Waals surface area contributed by atoms with E-state index in [0.717, 1.165) is 5.56 Å². The SMILES string of the molecule is COC(=O)c1cn2nc(-c3ccc(F)cc3)ccc2n1. The molecule has 3 aromatic rings. The summed E-state index contributed by atoms with van der Waals surface area (Å²) in [6.07, 6.45) is 1.49. The van der Waals surface area contributed by atoms with Crippen molar-refractivity contribution in [1.82, 2.24) is 14.6 Å². The van der Waals surface area contributed by atoms with Crippen LogP contribution in [0.15, 0.2) is 42.6 Å². The zero-order chi connectivity index (χ0) is 14.1. The Labute approximate surface area is 113 Å². The minimum atomic E-state index is -0.515. The van der Waals surface area contributed by atoms with Crippen molar-refractivity contribution in [3.63, 3.8) is 0 Å². The molecule has 6 heteroatoms. The molecule has 1 aromatic carbocycles. The lowest BCUT2D eigenvalue weighted by Gasteiger charge is -2.01. The normalized spacial score (nSPS) is 10.7. The first-order chi connectivity index (χ1) is 9.67. The molecule has 0 bridgehead atoms. The number of methoxy groups -OCH3 is 1. The zero-order valence-electron chi connectivity index (χ0n) is 10.6. The second-order valence-electron chi connectivity index (χ2n) is 4.15. The van der Waals surface area contributed by atoms with Crippen LogP contribution < -0.4 is 0 Å². The number of carbonyl (C=O) groups is 1. The molecule has 0 N–H and O–H groups in total. The molecule has 2 heterocycles. The van der Waals surface area contributed by atoms with Crippen molar-refractivity contribution in [1.29, 1.82) is 0 Å². The van der Waals surface area contributed by atoms with E-state index in [1.807, 2.05) is 0 Å². The van der Waals surface area contributed by atoms with Crippen LogP contribution in [0.25, 0.3) is 16.9 Å². The molecule has 0 aliphatic rings. The highest BCUT2D eigenvalue weighted by Crippen LogP contribution is 2.18. The lowest BCUT2D eigenvalue weighted by Crippen LogP contribution is -2.00. The van der Waals surface area contributed by atoms with E-state index in [2.05, 4.69) is 14.8 Å². The van der Waals surface area contributed by atoms with E-state index in [9.17, 15) is 9.18 Å². The summed E-state index contributed by atoms with van der Waals surface area (Å²) in [4.78, 5) is 15.5. The van der Waals surface area contributed by atoms with E-state index in [-0.39, 0.29) is 11.5 Å². The predicted molar refractivity (Wildman–Crippen MR) is 69.7 cm³/mol. The van der Waals surface area contributed by atoms with Gasteiger partial charge in [0.25, 0.3) is 0 Å². The first-order valence-corrected chi connectivity index (χ1v) is 5.88. The van der Waals surface area contributed by atoms with Gasteiger partial charge in [-0.1, -0.05) is 0 Å². The van der Waals surface area contributed by atoms with E-state index < -0.39 is 5.97 Å². The summed E-state index contributed by atoms with van der Waals surface area (Å²) in [5.74, 6) is -0.815. The summed E-state index contributed by atoms with van der Waals surface area (Å²) in [5, 5.41) is 4.34. The number of hydrogen-bond donors (Lipinski definition) is 0. The average Bonchev–Trinajstić information content (AvgIpc) is 2.90. The van der Waals surface area contributed by atoms with E-state index in [4.69, 9.17) is 0 Å². The van der Waals surface area contributed by atoms with Gasteiger partial charge in [-0.3, -0.25) is 0 Å². The Morgan fingerprint density at radius 2 is 1.95 bits per heavy atom. The number of ether oxygens (including phenoxy) is 1. The number of hydrogen-bond acceptors (Lipinski definition) is 4.